The quantitative estimate of drug-likeness (QED) is 0.611. The smallest absolute Gasteiger partial charge is 0.166 e. The van der Waals surface area contributed by atoms with Gasteiger partial charge in [-0.3, -0.25) is 0 Å². The molecule has 0 nitrogen and oxygen atoms in total. The molecular weight excluding hydrogens is 257 g/mol. The number of unbranched alkanes of at least 4 members (excludes halogenated alkanes) is 1. The van der Waals surface area contributed by atoms with Crippen molar-refractivity contribution >= 4 is 11.8 Å². The van der Waals surface area contributed by atoms with Crippen molar-refractivity contribution in [3.8, 4) is 0 Å². The maximum atomic E-state index is 12.9. The second-order valence-electron chi connectivity index (χ2n) is 4.05. The van der Waals surface area contributed by atoms with Crippen molar-refractivity contribution in [3.63, 3.8) is 0 Å². The van der Waals surface area contributed by atoms with Crippen molar-refractivity contribution in [2.45, 2.75) is 44.2 Å². The van der Waals surface area contributed by atoms with Crippen LogP contribution < -0.4 is 0 Å². The standard InChI is InChI=1S/C14H17F3S/c1-3-4-10-13(14(15,16)17)11(2)18-12-8-6-5-7-9-12/h5-9H,3-4,10H2,1-2H3/b13-11+. The van der Waals surface area contributed by atoms with E-state index in [4.69, 9.17) is 0 Å². The molecule has 0 saturated heterocycles. The van der Waals surface area contributed by atoms with Crippen LogP contribution >= 0.6 is 11.8 Å². The molecule has 0 saturated carbocycles. The van der Waals surface area contributed by atoms with E-state index in [1.807, 2.05) is 37.3 Å². The van der Waals surface area contributed by atoms with Crippen LogP contribution in [0.15, 0.2) is 45.7 Å². The monoisotopic (exact) mass is 274 g/mol. The molecule has 0 aliphatic rings. The van der Waals surface area contributed by atoms with Crippen LogP contribution in [0.4, 0.5) is 13.2 Å². The minimum absolute atomic E-state index is 0.103. The van der Waals surface area contributed by atoms with Crippen LogP contribution in [0.5, 0.6) is 0 Å². The highest BCUT2D eigenvalue weighted by Gasteiger charge is 2.34. The van der Waals surface area contributed by atoms with E-state index >= 15 is 0 Å². The number of rotatable bonds is 5. The molecule has 18 heavy (non-hydrogen) atoms. The Morgan fingerprint density at radius 1 is 1.17 bits per heavy atom. The van der Waals surface area contributed by atoms with E-state index in [2.05, 4.69) is 0 Å². The zero-order chi connectivity index (χ0) is 13.6. The highest BCUT2D eigenvalue weighted by Crippen LogP contribution is 2.38. The summed E-state index contributed by atoms with van der Waals surface area (Å²) in [4.78, 5) is 1.19. The van der Waals surface area contributed by atoms with Crippen molar-refractivity contribution < 1.29 is 13.2 Å². The van der Waals surface area contributed by atoms with Gasteiger partial charge in [0.1, 0.15) is 0 Å². The molecule has 0 aliphatic carbocycles. The van der Waals surface area contributed by atoms with Gasteiger partial charge in [-0.2, -0.15) is 13.2 Å². The molecule has 100 valence electrons. The lowest BCUT2D eigenvalue weighted by atomic mass is 10.1. The van der Waals surface area contributed by atoms with Gasteiger partial charge in [-0.25, -0.2) is 0 Å². The largest absolute Gasteiger partial charge is 0.413 e. The third-order valence-corrected chi connectivity index (χ3v) is 3.62. The summed E-state index contributed by atoms with van der Waals surface area (Å²) in [5.41, 5.74) is -0.391. The third kappa shape index (κ3) is 4.77. The Morgan fingerprint density at radius 3 is 2.28 bits per heavy atom. The Bertz CT molecular complexity index is 393. The van der Waals surface area contributed by atoms with Crippen LogP contribution in [0.3, 0.4) is 0 Å². The number of allylic oxidation sites excluding steroid dienone is 2. The minimum Gasteiger partial charge on any atom is -0.166 e. The fourth-order valence-electron chi connectivity index (χ4n) is 1.60. The molecule has 1 aromatic rings. The molecule has 0 amide bonds. The molecule has 0 bridgehead atoms. The Labute approximate surface area is 110 Å². The maximum Gasteiger partial charge on any atom is 0.413 e. The van der Waals surface area contributed by atoms with Crippen LogP contribution in [0, 0.1) is 0 Å². The molecule has 0 radical (unpaired) electrons. The van der Waals surface area contributed by atoms with Gasteiger partial charge < -0.3 is 0 Å². The first-order valence-electron chi connectivity index (χ1n) is 5.95. The predicted molar refractivity (Wildman–Crippen MR) is 70.6 cm³/mol. The van der Waals surface area contributed by atoms with Crippen molar-refractivity contribution in [2.24, 2.45) is 0 Å². The second-order valence-corrected chi connectivity index (χ2v) is 5.34. The Hall–Kier alpha value is -0.900. The number of hydrogen-bond acceptors (Lipinski definition) is 1. The summed E-state index contributed by atoms with van der Waals surface area (Å²) in [5.74, 6) is 0. The van der Waals surface area contributed by atoms with E-state index in [-0.39, 0.29) is 6.42 Å². The van der Waals surface area contributed by atoms with Crippen molar-refractivity contribution in [3.05, 3.63) is 40.8 Å². The van der Waals surface area contributed by atoms with Crippen LogP contribution in [-0.4, -0.2) is 6.18 Å². The van der Waals surface area contributed by atoms with Crippen LogP contribution in [0.2, 0.25) is 0 Å². The van der Waals surface area contributed by atoms with E-state index in [0.717, 1.165) is 11.3 Å². The molecule has 1 aromatic carbocycles. The molecular formula is C14H17F3S. The second kappa shape index (κ2) is 6.88. The van der Waals surface area contributed by atoms with Gasteiger partial charge in [-0.1, -0.05) is 43.3 Å². The molecule has 0 heterocycles. The van der Waals surface area contributed by atoms with Gasteiger partial charge in [0, 0.05) is 10.5 Å². The first-order valence-corrected chi connectivity index (χ1v) is 6.76. The fourth-order valence-corrected chi connectivity index (χ4v) is 2.59. The average molecular weight is 274 g/mol. The van der Waals surface area contributed by atoms with Gasteiger partial charge >= 0.3 is 6.18 Å². The van der Waals surface area contributed by atoms with Gasteiger partial charge in [-0.05, 0) is 36.8 Å². The first kappa shape index (κ1) is 15.2. The lowest BCUT2D eigenvalue weighted by molar-refractivity contribution is -0.0945. The van der Waals surface area contributed by atoms with E-state index < -0.39 is 11.7 Å². The normalized spacial score (nSPS) is 13.4. The van der Waals surface area contributed by atoms with E-state index in [1.54, 1.807) is 6.92 Å². The molecule has 0 aromatic heterocycles. The number of hydrogen-bond donors (Lipinski definition) is 0. The fraction of sp³-hybridized carbons (Fsp3) is 0.429. The van der Waals surface area contributed by atoms with Crippen LogP contribution in [0.1, 0.15) is 33.1 Å². The van der Waals surface area contributed by atoms with Gasteiger partial charge in [-0.15, -0.1) is 0 Å². The zero-order valence-electron chi connectivity index (χ0n) is 10.6. The van der Waals surface area contributed by atoms with Gasteiger partial charge in [0.2, 0.25) is 0 Å². The zero-order valence-corrected chi connectivity index (χ0v) is 11.4. The van der Waals surface area contributed by atoms with Crippen molar-refractivity contribution in [2.75, 3.05) is 0 Å². The van der Waals surface area contributed by atoms with Gasteiger partial charge in [0.15, 0.2) is 0 Å². The minimum atomic E-state index is -4.22. The van der Waals surface area contributed by atoms with Gasteiger partial charge in [0.05, 0.1) is 0 Å². The maximum absolute atomic E-state index is 12.9. The molecule has 0 unspecified atom stereocenters. The topological polar surface area (TPSA) is 0 Å². The van der Waals surface area contributed by atoms with Gasteiger partial charge in [0.25, 0.3) is 0 Å². The SMILES string of the molecule is CCCC/C(=C(/C)Sc1ccccc1)C(F)(F)F. The number of alkyl halides is 3. The molecule has 0 spiro atoms. The Balaban J connectivity index is 2.89. The van der Waals surface area contributed by atoms with E-state index in [0.29, 0.717) is 11.3 Å². The first-order chi connectivity index (χ1) is 8.45. The van der Waals surface area contributed by atoms with Crippen LogP contribution in [0.25, 0.3) is 0 Å². The highest BCUT2D eigenvalue weighted by atomic mass is 32.2. The van der Waals surface area contributed by atoms with E-state index in [1.165, 1.54) is 11.8 Å². The summed E-state index contributed by atoms with van der Waals surface area (Å²) in [6, 6.07) is 9.15. The molecule has 0 aliphatic heterocycles. The summed E-state index contributed by atoms with van der Waals surface area (Å²) in [6.07, 6.45) is -2.78. The summed E-state index contributed by atoms with van der Waals surface area (Å²) < 4.78 is 38.8. The number of benzene rings is 1. The molecule has 0 fully saturated rings. The summed E-state index contributed by atoms with van der Waals surface area (Å²) in [6.45, 7) is 3.45. The summed E-state index contributed by atoms with van der Waals surface area (Å²) in [5, 5.41) is 0. The summed E-state index contributed by atoms with van der Waals surface area (Å²) >= 11 is 1.19. The lowest BCUT2D eigenvalue weighted by Crippen LogP contribution is -2.13. The highest BCUT2D eigenvalue weighted by molar-refractivity contribution is 8.03. The number of halogens is 3. The Morgan fingerprint density at radius 2 is 1.78 bits per heavy atom. The molecule has 0 N–H and O–H groups in total. The third-order valence-electron chi connectivity index (χ3n) is 2.56. The van der Waals surface area contributed by atoms with E-state index in [9.17, 15) is 13.2 Å². The van der Waals surface area contributed by atoms with Crippen LogP contribution in [-0.2, 0) is 0 Å². The molecule has 4 heteroatoms. The predicted octanol–water partition coefficient (Wildman–Crippen LogP) is 5.81. The summed E-state index contributed by atoms with van der Waals surface area (Å²) in [7, 11) is 0. The molecule has 1 rings (SSSR count). The van der Waals surface area contributed by atoms with Crippen molar-refractivity contribution in [1.82, 2.24) is 0 Å². The van der Waals surface area contributed by atoms with Crippen molar-refractivity contribution in [1.29, 1.82) is 0 Å². The Kier molecular flexibility index (Phi) is 5.79. The average Bonchev–Trinajstić information content (AvgIpc) is 2.29. The lowest BCUT2D eigenvalue weighted by Gasteiger charge is -2.15. The molecule has 0 atom stereocenters. The number of thioether (sulfide) groups is 1.